The molecule has 0 aliphatic heterocycles. The van der Waals surface area contributed by atoms with Gasteiger partial charge in [-0.3, -0.25) is 0 Å². The SMILES string of the molecule is CN(C(=S)N(c1ccc(F)c(O)c1)C1(C=O)CCC1)c1cnc(C#N)c(C(F)(F)F)c1. The molecule has 1 fully saturated rings. The monoisotopic (exact) mass is 452 g/mol. The second kappa shape index (κ2) is 8.11. The highest BCUT2D eigenvalue weighted by Crippen LogP contribution is 2.41. The lowest BCUT2D eigenvalue weighted by Gasteiger charge is -2.48. The third-order valence-electron chi connectivity index (χ3n) is 5.22. The summed E-state index contributed by atoms with van der Waals surface area (Å²) in [5, 5.41) is 18.7. The molecule has 1 aliphatic rings. The average molecular weight is 452 g/mol. The summed E-state index contributed by atoms with van der Waals surface area (Å²) in [4.78, 5) is 18.1. The number of alkyl halides is 3. The van der Waals surface area contributed by atoms with E-state index in [2.05, 4.69) is 4.98 Å². The van der Waals surface area contributed by atoms with E-state index in [4.69, 9.17) is 17.5 Å². The number of anilines is 2. The third-order valence-corrected chi connectivity index (χ3v) is 5.68. The number of phenolic OH excluding ortho intramolecular Hbond substituents is 1. The van der Waals surface area contributed by atoms with E-state index in [9.17, 15) is 27.5 Å². The number of halogens is 4. The van der Waals surface area contributed by atoms with Gasteiger partial charge in [0.05, 0.1) is 17.4 Å². The maximum atomic E-state index is 13.6. The molecule has 6 nitrogen and oxygen atoms in total. The van der Waals surface area contributed by atoms with Gasteiger partial charge in [0.2, 0.25) is 0 Å². The van der Waals surface area contributed by atoms with E-state index in [1.807, 2.05) is 0 Å². The summed E-state index contributed by atoms with van der Waals surface area (Å²) in [7, 11) is 1.39. The van der Waals surface area contributed by atoms with E-state index in [0.29, 0.717) is 25.5 Å². The van der Waals surface area contributed by atoms with Gasteiger partial charge in [0.25, 0.3) is 0 Å². The first-order valence-electron chi connectivity index (χ1n) is 9.04. The van der Waals surface area contributed by atoms with Crippen LogP contribution in [0.5, 0.6) is 5.75 Å². The van der Waals surface area contributed by atoms with E-state index >= 15 is 0 Å². The number of pyridine rings is 1. The minimum absolute atomic E-state index is 0.0579. The molecule has 1 N–H and O–H groups in total. The molecule has 0 bridgehead atoms. The van der Waals surface area contributed by atoms with Crippen molar-refractivity contribution in [1.82, 2.24) is 4.98 Å². The first-order chi connectivity index (χ1) is 14.5. The van der Waals surface area contributed by atoms with Crippen molar-refractivity contribution in [3.63, 3.8) is 0 Å². The second-order valence-corrected chi connectivity index (χ2v) is 7.45. The molecule has 2 aromatic rings. The van der Waals surface area contributed by atoms with E-state index < -0.39 is 34.5 Å². The molecule has 1 heterocycles. The van der Waals surface area contributed by atoms with E-state index in [0.717, 1.165) is 24.4 Å². The van der Waals surface area contributed by atoms with Crippen LogP contribution < -0.4 is 9.80 Å². The number of hydrogen-bond donors (Lipinski definition) is 1. The summed E-state index contributed by atoms with van der Waals surface area (Å²) < 4.78 is 53.6. The zero-order valence-electron chi connectivity index (χ0n) is 16.1. The molecule has 1 saturated carbocycles. The highest BCUT2D eigenvalue weighted by molar-refractivity contribution is 7.80. The number of carbonyl (C=O) groups is 1. The van der Waals surface area contributed by atoms with Crippen molar-refractivity contribution < 1.29 is 27.5 Å². The Labute approximate surface area is 180 Å². The van der Waals surface area contributed by atoms with Crippen LogP contribution in [0.2, 0.25) is 0 Å². The lowest BCUT2D eigenvalue weighted by atomic mass is 9.76. The van der Waals surface area contributed by atoms with Crippen LogP contribution in [-0.4, -0.2) is 34.1 Å². The Morgan fingerprint density at radius 1 is 1.32 bits per heavy atom. The van der Waals surface area contributed by atoms with Crippen molar-refractivity contribution in [3.05, 3.63) is 47.5 Å². The van der Waals surface area contributed by atoms with Crippen molar-refractivity contribution in [3.8, 4) is 11.8 Å². The van der Waals surface area contributed by atoms with Crippen LogP contribution in [-0.2, 0) is 11.0 Å². The molecule has 0 atom stereocenters. The highest BCUT2D eigenvalue weighted by atomic mass is 32.1. The van der Waals surface area contributed by atoms with Crippen LogP contribution in [0.4, 0.5) is 28.9 Å². The van der Waals surface area contributed by atoms with Gasteiger partial charge in [-0.15, -0.1) is 0 Å². The molecule has 0 saturated heterocycles. The molecule has 1 aromatic heterocycles. The number of benzene rings is 1. The predicted octanol–water partition coefficient (Wildman–Crippen LogP) is 4.17. The van der Waals surface area contributed by atoms with E-state index in [-0.39, 0.29) is 16.5 Å². The number of phenols is 1. The molecule has 1 aromatic carbocycles. The van der Waals surface area contributed by atoms with Gasteiger partial charge in [0.1, 0.15) is 17.9 Å². The van der Waals surface area contributed by atoms with Gasteiger partial charge in [0.15, 0.2) is 22.4 Å². The van der Waals surface area contributed by atoms with Gasteiger partial charge in [-0.05, 0) is 49.7 Å². The van der Waals surface area contributed by atoms with Crippen LogP contribution in [0.1, 0.15) is 30.5 Å². The zero-order chi connectivity index (χ0) is 23.0. The van der Waals surface area contributed by atoms with Crippen molar-refractivity contribution in [1.29, 1.82) is 5.26 Å². The molecule has 0 spiro atoms. The Morgan fingerprint density at radius 3 is 2.48 bits per heavy atom. The number of nitriles is 1. The average Bonchev–Trinajstić information content (AvgIpc) is 2.70. The Bertz CT molecular complexity index is 1080. The van der Waals surface area contributed by atoms with E-state index in [1.54, 1.807) is 0 Å². The fourth-order valence-corrected chi connectivity index (χ4v) is 3.73. The summed E-state index contributed by atoms with van der Waals surface area (Å²) in [6, 6.07) is 5.56. The molecule has 31 heavy (non-hydrogen) atoms. The molecule has 162 valence electrons. The minimum Gasteiger partial charge on any atom is -0.505 e. The Hall–Kier alpha value is -3.26. The van der Waals surface area contributed by atoms with Crippen LogP contribution in [0.25, 0.3) is 0 Å². The van der Waals surface area contributed by atoms with Crippen molar-refractivity contribution in [2.75, 3.05) is 16.8 Å². The number of nitrogens with zero attached hydrogens (tertiary/aromatic N) is 4. The van der Waals surface area contributed by atoms with Crippen molar-refractivity contribution in [2.45, 2.75) is 31.0 Å². The van der Waals surface area contributed by atoms with Crippen LogP contribution >= 0.6 is 12.2 Å². The van der Waals surface area contributed by atoms with Gasteiger partial charge >= 0.3 is 6.18 Å². The lowest BCUT2D eigenvalue weighted by Crippen LogP contribution is -2.60. The number of thiocarbonyl (C=S) groups is 1. The maximum absolute atomic E-state index is 13.6. The van der Waals surface area contributed by atoms with Crippen LogP contribution in [0, 0.1) is 17.1 Å². The predicted molar refractivity (Wildman–Crippen MR) is 108 cm³/mol. The normalized spacial score (nSPS) is 14.8. The summed E-state index contributed by atoms with van der Waals surface area (Å²) in [5.74, 6) is -1.53. The fourth-order valence-electron chi connectivity index (χ4n) is 3.33. The number of carbonyl (C=O) groups excluding carboxylic acids is 1. The quantitative estimate of drug-likeness (QED) is 0.424. The third kappa shape index (κ3) is 4.03. The van der Waals surface area contributed by atoms with Gasteiger partial charge in [0, 0.05) is 18.8 Å². The largest absolute Gasteiger partial charge is 0.505 e. The van der Waals surface area contributed by atoms with Gasteiger partial charge in [-0.2, -0.15) is 18.4 Å². The fraction of sp³-hybridized carbons (Fsp3) is 0.300. The summed E-state index contributed by atoms with van der Waals surface area (Å²) in [6.07, 6.45) is -1.50. The Balaban J connectivity index is 2.07. The van der Waals surface area contributed by atoms with Gasteiger partial charge in [-0.25, -0.2) is 9.37 Å². The molecule has 0 radical (unpaired) electrons. The topological polar surface area (TPSA) is 80.5 Å². The molecule has 0 amide bonds. The number of aromatic hydroxyl groups is 1. The number of hydrogen-bond acceptors (Lipinski definition) is 5. The van der Waals surface area contributed by atoms with E-state index in [1.165, 1.54) is 29.0 Å². The first kappa shape index (κ1) is 22.4. The Morgan fingerprint density at radius 2 is 2.00 bits per heavy atom. The molecular formula is C20H16F4N4O2S. The number of rotatable bonds is 4. The number of aromatic nitrogens is 1. The summed E-state index contributed by atoms with van der Waals surface area (Å²) in [5.41, 5.74) is -2.93. The summed E-state index contributed by atoms with van der Waals surface area (Å²) in [6.45, 7) is 0. The van der Waals surface area contributed by atoms with Crippen molar-refractivity contribution >= 4 is 35.0 Å². The van der Waals surface area contributed by atoms with Crippen LogP contribution in [0.15, 0.2) is 30.5 Å². The molecule has 11 heteroatoms. The smallest absolute Gasteiger partial charge is 0.419 e. The van der Waals surface area contributed by atoms with Gasteiger partial charge in [-0.1, -0.05) is 0 Å². The second-order valence-electron chi connectivity index (χ2n) is 7.09. The Kier molecular flexibility index (Phi) is 5.87. The first-order valence-corrected chi connectivity index (χ1v) is 9.45. The molecule has 3 rings (SSSR count). The minimum atomic E-state index is -4.81. The standard InChI is InChI=1S/C20H16F4N4O2S/c1-27(13-7-14(20(22,23)24)16(9-25)26-10-13)18(31)28(19(11-29)5-2-6-19)12-3-4-15(21)17(30)8-12/h3-4,7-8,10-11,30H,2,5-6H2,1H3. The van der Waals surface area contributed by atoms with Crippen molar-refractivity contribution in [2.24, 2.45) is 0 Å². The maximum Gasteiger partial charge on any atom is 0.419 e. The van der Waals surface area contributed by atoms with Gasteiger partial charge < -0.3 is 19.7 Å². The summed E-state index contributed by atoms with van der Waals surface area (Å²) >= 11 is 5.49. The molecule has 0 unspecified atom stereocenters. The van der Waals surface area contributed by atoms with Crippen LogP contribution in [0.3, 0.4) is 0 Å². The molecule has 1 aliphatic carbocycles. The highest BCUT2D eigenvalue weighted by Gasteiger charge is 2.46. The lowest BCUT2D eigenvalue weighted by molar-refractivity contribution is -0.138. The molecular weight excluding hydrogens is 436 g/mol. The zero-order valence-corrected chi connectivity index (χ0v) is 17.0. The number of aldehydes is 1.